The summed E-state index contributed by atoms with van der Waals surface area (Å²) in [7, 11) is 0. The van der Waals surface area contributed by atoms with Gasteiger partial charge in [-0.15, -0.1) is 0 Å². The molecule has 0 aliphatic rings. The van der Waals surface area contributed by atoms with Crippen LogP contribution in [-0.4, -0.2) is 5.27 Å². The molecule has 0 saturated carbocycles. The molecular formula is C11H12N2O2. The van der Waals surface area contributed by atoms with Crippen LogP contribution in [0, 0.1) is 13.8 Å². The van der Waals surface area contributed by atoms with Gasteiger partial charge in [0.2, 0.25) is 12.7 Å². The SMILES string of the molecule is Cc1ccc(C[n+]2cc([O-])on2)cc1C. The maximum absolute atomic E-state index is 10.8. The molecule has 0 fully saturated rings. The van der Waals surface area contributed by atoms with E-state index < -0.39 is 5.95 Å². The third kappa shape index (κ3) is 2.15. The number of hydrogen-bond donors (Lipinski definition) is 0. The van der Waals surface area contributed by atoms with Crippen LogP contribution in [0.2, 0.25) is 0 Å². The maximum atomic E-state index is 10.8. The van der Waals surface area contributed by atoms with Gasteiger partial charge in [-0.05, 0) is 31.0 Å². The highest BCUT2D eigenvalue weighted by Crippen LogP contribution is 2.09. The predicted molar refractivity (Wildman–Crippen MR) is 51.2 cm³/mol. The number of rotatable bonds is 2. The molecule has 0 aliphatic carbocycles. The Balaban J connectivity index is 2.21. The number of aryl methyl sites for hydroxylation is 2. The van der Waals surface area contributed by atoms with Gasteiger partial charge in [0, 0.05) is 5.56 Å². The summed E-state index contributed by atoms with van der Waals surface area (Å²) in [4.78, 5) is 0. The summed E-state index contributed by atoms with van der Waals surface area (Å²) < 4.78 is 5.94. The van der Waals surface area contributed by atoms with Gasteiger partial charge in [-0.3, -0.25) is 0 Å². The first kappa shape index (κ1) is 9.71. The Morgan fingerprint density at radius 1 is 1.33 bits per heavy atom. The monoisotopic (exact) mass is 204 g/mol. The van der Waals surface area contributed by atoms with Gasteiger partial charge in [0.25, 0.3) is 0 Å². The Kier molecular flexibility index (Phi) is 2.41. The van der Waals surface area contributed by atoms with Gasteiger partial charge in [0.15, 0.2) is 0 Å². The number of hydrogen-bond acceptors (Lipinski definition) is 3. The van der Waals surface area contributed by atoms with Gasteiger partial charge < -0.3 is 9.63 Å². The van der Waals surface area contributed by atoms with Crippen molar-refractivity contribution in [3.63, 3.8) is 0 Å². The summed E-state index contributed by atoms with van der Waals surface area (Å²) in [5, 5.41) is 14.3. The van der Waals surface area contributed by atoms with Gasteiger partial charge in [-0.1, -0.05) is 16.8 Å². The lowest BCUT2D eigenvalue weighted by Gasteiger charge is -2.00. The van der Waals surface area contributed by atoms with Crippen LogP contribution in [0.3, 0.4) is 0 Å². The number of benzene rings is 1. The van der Waals surface area contributed by atoms with Crippen LogP contribution in [0.4, 0.5) is 0 Å². The van der Waals surface area contributed by atoms with Crippen LogP contribution in [0.1, 0.15) is 16.7 Å². The van der Waals surface area contributed by atoms with E-state index in [2.05, 4.69) is 35.8 Å². The van der Waals surface area contributed by atoms with Crippen molar-refractivity contribution < 1.29 is 14.3 Å². The largest absolute Gasteiger partial charge is 0.539 e. The molecule has 0 radical (unpaired) electrons. The smallest absolute Gasteiger partial charge is 0.221 e. The molecule has 2 rings (SSSR count). The molecule has 4 heteroatoms. The predicted octanol–water partition coefficient (Wildman–Crippen LogP) is 0.701. The Morgan fingerprint density at radius 3 is 2.73 bits per heavy atom. The Hall–Kier alpha value is -1.84. The molecule has 0 amide bonds. The van der Waals surface area contributed by atoms with E-state index in [0.717, 1.165) is 5.56 Å². The summed E-state index contributed by atoms with van der Waals surface area (Å²) in [6.07, 6.45) is 1.34. The van der Waals surface area contributed by atoms with E-state index >= 15 is 0 Å². The van der Waals surface area contributed by atoms with E-state index in [-0.39, 0.29) is 0 Å². The third-order valence-electron chi connectivity index (χ3n) is 2.41. The van der Waals surface area contributed by atoms with Crippen LogP contribution in [0.5, 0.6) is 5.95 Å². The Morgan fingerprint density at radius 2 is 2.13 bits per heavy atom. The van der Waals surface area contributed by atoms with Crippen LogP contribution in [0.25, 0.3) is 0 Å². The van der Waals surface area contributed by atoms with Gasteiger partial charge in [-0.25, -0.2) is 0 Å². The van der Waals surface area contributed by atoms with Crippen molar-refractivity contribution in [3.8, 4) is 5.95 Å². The molecule has 0 saturated heterocycles. The van der Waals surface area contributed by atoms with Gasteiger partial charge in [0.05, 0.1) is 5.27 Å². The van der Waals surface area contributed by atoms with Crippen LogP contribution in [-0.2, 0) is 6.54 Å². The van der Waals surface area contributed by atoms with Crippen molar-refractivity contribution in [2.45, 2.75) is 20.4 Å². The normalized spacial score (nSPS) is 10.5. The molecule has 0 N–H and O–H groups in total. The summed E-state index contributed by atoms with van der Waals surface area (Å²) in [5.41, 5.74) is 3.60. The molecule has 1 aromatic heterocycles. The fraction of sp³-hybridized carbons (Fsp3) is 0.273. The minimum Gasteiger partial charge on any atom is -0.539 e. The van der Waals surface area contributed by atoms with Gasteiger partial charge >= 0.3 is 0 Å². The van der Waals surface area contributed by atoms with E-state index in [0.29, 0.717) is 6.54 Å². The molecule has 1 heterocycles. The van der Waals surface area contributed by atoms with Crippen LogP contribution < -0.4 is 9.79 Å². The molecule has 0 unspecified atom stereocenters. The second kappa shape index (κ2) is 3.73. The zero-order chi connectivity index (χ0) is 10.8. The molecule has 78 valence electrons. The average Bonchev–Trinajstić information content (AvgIpc) is 2.58. The van der Waals surface area contributed by atoms with Gasteiger partial charge in [0.1, 0.15) is 5.95 Å². The molecule has 2 aromatic rings. The topological polar surface area (TPSA) is 53.0 Å². The van der Waals surface area contributed by atoms with E-state index in [1.165, 1.54) is 22.0 Å². The fourth-order valence-electron chi connectivity index (χ4n) is 1.42. The first-order chi connectivity index (χ1) is 7.15. The third-order valence-corrected chi connectivity index (χ3v) is 2.41. The van der Waals surface area contributed by atoms with Crippen LogP contribution >= 0.6 is 0 Å². The summed E-state index contributed by atoms with van der Waals surface area (Å²) in [6.45, 7) is 4.69. The highest BCUT2D eigenvalue weighted by atomic mass is 16.6. The second-order valence-corrected chi connectivity index (χ2v) is 3.64. The lowest BCUT2D eigenvalue weighted by atomic mass is 10.1. The number of aromatic nitrogens is 2. The molecule has 0 spiro atoms. The molecule has 1 aromatic carbocycles. The highest BCUT2D eigenvalue weighted by Gasteiger charge is 2.06. The maximum Gasteiger partial charge on any atom is 0.221 e. The lowest BCUT2D eigenvalue weighted by Crippen LogP contribution is -2.35. The van der Waals surface area contributed by atoms with E-state index in [9.17, 15) is 5.11 Å². The van der Waals surface area contributed by atoms with E-state index in [1.54, 1.807) is 0 Å². The average molecular weight is 204 g/mol. The quantitative estimate of drug-likeness (QED) is 0.677. The molecule has 0 bridgehead atoms. The zero-order valence-corrected chi connectivity index (χ0v) is 8.73. The standard InChI is InChI=1S/C11H12N2O2/c1-8-3-4-10(5-9(8)2)6-13-7-11(14)15-12-13/h3-5,7H,6H2,1-2H3. The highest BCUT2D eigenvalue weighted by molar-refractivity contribution is 5.29. The van der Waals surface area contributed by atoms with Crippen molar-refractivity contribution in [1.29, 1.82) is 0 Å². The molecular weight excluding hydrogens is 192 g/mol. The Labute approximate surface area is 87.7 Å². The molecule has 4 nitrogen and oxygen atoms in total. The molecule has 0 aliphatic heterocycles. The second-order valence-electron chi connectivity index (χ2n) is 3.64. The van der Waals surface area contributed by atoms with Crippen molar-refractivity contribution in [2.75, 3.05) is 0 Å². The number of nitrogens with zero attached hydrogens (tertiary/aromatic N) is 2. The zero-order valence-electron chi connectivity index (χ0n) is 8.73. The lowest BCUT2D eigenvalue weighted by molar-refractivity contribution is -0.754. The molecule has 0 atom stereocenters. The first-order valence-corrected chi connectivity index (χ1v) is 4.75. The fourth-order valence-corrected chi connectivity index (χ4v) is 1.42. The van der Waals surface area contributed by atoms with Gasteiger partial charge in [-0.2, -0.15) is 0 Å². The van der Waals surface area contributed by atoms with E-state index in [1.807, 2.05) is 6.07 Å². The summed E-state index contributed by atoms with van der Waals surface area (Å²) in [6, 6.07) is 6.17. The Bertz CT molecular complexity index is 477. The van der Waals surface area contributed by atoms with Crippen LogP contribution in [0.15, 0.2) is 28.9 Å². The van der Waals surface area contributed by atoms with Crippen molar-refractivity contribution in [1.82, 2.24) is 5.27 Å². The van der Waals surface area contributed by atoms with Crippen molar-refractivity contribution in [2.24, 2.45) is 0 Å². The summed E-state index contributed by atoms with van der Waals surface area (Å²) >= 11 is 0. The minimum absolute atomic E-state index is 0.418. The summed E-state index contributed by atoms with van der Waals surface area (Å²) in [5.74, 6) is -0.418. The van der Waals surface area contributed by atoms with Crippen molar-refractivity contribution in [3.05, 3.63) is 41.1 Å². The minimum atomic E-state index is -0.418. The van der Waals surface area contributed by atoms with Crippen molar-refractivity contribution >= 4 is 0 Å². The first-order valence-electron chi connectivity index (χ1n) is 4.75. The molecule has 15 heavy (non-hydrogen) atoms. The van der Waals surface area contributed by atoms with E-state index in [4.69, 9.17) is 0 Å².